The Hall–Kier alpha value is -1.52. The maximum Gasteiger partial charge on any atom is 0.0391 e. The average Bonchev–Trinajstić information content (AvgIpc) is 2.38. The van der Waals surface area contributed by atoms with Crippen molar-refractivity contribution >= 4 is 15.9 Å². The summed E-state index contributed by atoms with van der Waals surface area (Å²) in [4.78, 5) is 0. The molecule has 0 spiro atoms. The molecule has 0 aliphatic carbocycles. The molecule has 0 aliphatic heterocycles. The molecule has 2 rings (SSSR count). The Balaban J connectivity index is 2.24. The van der Waals surface area contributed by atoms with Gasteiger partial charge in [-0.2, -0.15) is 0 Å². The monoisotopic (exact) mass is 284 g/mol. The van der Waals surface area contributed by atoms with Crippen LogP contribution in [0.2, 0.25) is 0 Å². The number of hydrogen-bond acceptors (Lipinski definition) is 0. The molecule has 0 heterocycles. The second-order valence-electron chi connectivity index (χ2n) is 3.78. The largest absolute Gasteiger partial charge is 0.0616 e. The Labute approximate surface area is 111 Å². The van der Waals surface area contributed by atoms with Crippen LogP contribution in [0.15, 0.2) is 53.0 Å². The van der Waals surface area contributed by atoms with Gasteiger partial charge in [-0.15, -0.1) is 0 Å². The fraction of sp³-hybridized carbons (Fsp3) is 0.125. The summed E-state index contributed by atoms with van der Waals surface area (Å²) in [5, 5.41) is 0. The molecule has 84 valence electrons. The van der Waals surface area contributed by atoms with Gasteiger partial charge in [-0.05, 0) is 52.2 Å². The zero-order valence-corrected chi connectivity index (χ0v) is 11.3. The minimum atomic E-state index is 1.02. The van der Waals surface area contributed by atoms with Gasteiger partial charge in [0.25, 0.3) is 0 Å². The van der Waals surface area contributed by atoms with E-state index in [1.165, 1.54) is 5.56 Å². The molecule has 0 fully saturated rings. The van der Waals surface area contributed by atoms with Gasteiger partial charge in [-0.25, -0.2) is 0 Å². The molecule has 0 saturated heterocycles. The summed E-state index contributed by atoms with van der Waals surface area (Å²) in [6, 6.07) is 16.4. The van der Waals surface area contributed by atoms with Crippen molar-refractivity contribution in [3.05, 3.63) is 69.7 Å². The first-order valence-electron chi connectivity index (χ1n) is 5.65. The highest BCUT2D eigenvalue weighted by molar-refractivity contribution is 9.10. The highest BCUT2D eigenvalue weighted by Crippen LogP contribution is 2.14. The van der Waals surface area contributed by atoms with Crippen LogP contribution in [0.5, 0.6) is 0 Å². The zero-order valence-electron chi connectivity index (χ0n) is 9.70. The van der Waals surface area contributed by atoms with Crippen LogP contribution in [0.1, 0.15) is 23.6 Å². The molecule has 0 radical (unpaired) electrons. The quantitative estimate of drug-likeness (QED) is 0.681. The summed E-state index contributed by atoms with van der Waals surface area (Å²) in [7, 11) is 0. The van der Waals surface area contributed by atoms with Crippen molar-refractivity contribution in [3.8, 4) is 11.8 Å². The van der Waals surface area contributed by atoms with Crippen molar-refractivity contribution < 1.29 is 0 Å². The van der Waals surface area contributed by atoms with Crippen LogP contribution in [-0.2, 0) is 6.42 Å². The van der Waals surface area contributed by atoms with Crippen LogP contribution < -0.4 is 0 Å². The van der Waals surface area contributed by atoms with Crippen molar-refractivity contribution in [1.82, 2.24) is 0 Å². The Bertz CT molecular complexity index is 556. The molecular formula is C16H13Br. The van der Waals surface area contributed by atoms with Gasteiger partial charge in [0.1, 0.15) is 0 Å². The lowest BCUT2D eigenvalue weighted by molar-refractivity contribution is 1.14. The van der Waals surface area contributed by atoms with E-state index in [1.807, 2.05) is 24.3 Å². The van der Waals surface area contributed by atoms with Gasteiger partial charge in [0.05, 0.1) is 0 Å². The Morgan fingerprint density at radius 3 is 2.29 bits per heavy atom. The van der Waals surface area contributed by atoms with Gasteiger partial charge in [0.2, 0.25) is 0 Å². The van der Waals surface area contributed by atoms with E-state index in [-0.39, 0.29) is 0 Å². The first kappa shape index (κ1) is 12.0. The van der Waals surface area contributed by atoms with Crippen LogP contribution in [0.3, 0.4) is 0 Å². The zero-order chi connectivity index (χ0) is 12.1. The van der Waals surface area contributed by atoms with Crippen LogP contribution >= 0.6 is 15.9 Å². The maximum atomic E-state index is 3.49. The lowest BCUT2D eigenvalue weighted by Crippen LogP contribution is -1.81. The third kappa shape index (κ3) is 3.22. The number of rotatable bonds is 1. The molecule has 0 aromatic heterocycles. The van der Waals surface area contributed by atoms with Gasteiger partial charge in [-0.3, -0.25) is 0 Å². The molecule has 1 heteroatoms. The number of halogens is 1. The molecule has 0 saturated carbocycles. The van der Waals surface area contributed by atoms with E-state index < -0.39 is 0 Å². The van der Waals surface area contributed by atoms with Gasteiger partial charge in [0.15, 0.2) is 0 Å². The minimum Gasteiger partial charge on any atom is -0.0616 e. The van der Waals surface area contributed by atoms with Crippen LogP contribution in [0, 0.1) is 11.8 Å². The minimum absolute atomic E-state index is 1.02. The van der Waals surface area contributed by atoms with Gasteiger partial charge in [0, 0.05) is 15.6 Å². The number of benzene rings is 2. The molecule has 0 atom stereocenters. The number of hydrogen-bond donors (Lipinski definition) is 0. The van der Waals surface area contributed by atoms with E-state index in [4.69, 9.17) is 0 Å². The smallest absolute Gasteiger partial charge is 0.0391 e. The van der Waals surface area contributed by atoms with Crippen molar-refractivity contribution in [1.29, 1.82) is 0 Å². The highest BCUT2D eigenvalue weighted by atomic mass is 79.9. The standard InChI is InChI=1S/C16H13Br/c1-2-13-7-9-14(10-8-13)11-12-15-5-3-4-6-16(15)17/h3-10H,2H2,1H3. The lowest BCUT2D eigenvalue weighted by atomic mass is 10.1. The maximum absolute atomic E-state index is 3.49. The van der Waals surface area contributed by atoms with E-state index in [9.17, 15) is 0 Å². The predicted molar refractivity (Wildman–Crippen MR) is 75.9 cm³/mol. The molecular weight excluding hydrogens is 272 g/mol. The number of aryl methyl sites for hydroxylation is 1. The predicted octanol–water partition coefficient (Wildman–Crippen LogP) is 4.41. The normalized spacial score (nSPS) is 9.53. The average molecular weight is 285 g/mol. The summed E-state index contributed by atoms with van der Waals surface area (Å²) in [6.45, 7) is 2.15. The third-order valence-electron chi connectivity index (χ3n) is 2.58. The van der Waals surface area contributed by atoms with Gasteiger partial charge < -0.3 is 0 Å². The highest BCUT2D eigenvalue weighted by Gasteiger charge is 1.93. The van der Waals surface area contributed by atoms with Crippen LogP contribution in [0.4, 0.5) is 0 Å². The van der Waals surface area contributed by atoms with Crippen molar-refractivity contribution in [2.75, 3.05) is 0 Å². The molecule has 0 nitrogen and oxygen atoms in total. The topological polar surface area (TPSA) is 0 Å². The molecule has 2 aromatic carbocycles. The molecule has 17 heavy (non-hydrogen) atoms. The first-order chi connectivity index (χ1) is 8.29. The third-order valence-corrected chi connectivity index (χ3v) is 3.27. The van der Waals surface area contributed by atoms with Crippen LogP contribution in [-0.4, -0.2) is 0 Å². The Kier molecular flexibility index (Phi) is 4.01. The lowest BCUT2D eigenvalue weighted by Gasteiger charge is -1.96. The Morgan fingerprint density at radius 2 is 1.65 bits per heavy atom. The van der Waals surface area contributed by atoms with E-state index in [1.54, 1.807) is 0 Å². The summed E-state index contributed by atoms with van der Waals surface area (Å²) >= 11 is 3.49. The summed E-state index contributed by atoms with van der Waals surface area (Å²) in [5.41, 5.74) is 3.42. The first-order valence-corrected chi connectivity index (χ1v) is 6.44. The SMILES string of the molecule is CCc1ccc(C#Cc2ccccc2Br)cc1. The fourth-order valence-electron chi connectivity index (χ4n) is 1.53. The van der Waals surface area contributed by atoms with Gasteiger partial charge in [-0.1, -0.05) is 43.0 Å². The summed E-state index contributed by atoms with van der Waals surface area (Å²) in [6.07, 6.45) is 1.07. The van der Waals surface area contributed by atoms with Crippen molar-refractivity contribution in [2.24, 2.45) is 0 Å². The van der Waals surface area contributed by atoms with Gasteiger partial charge >= 0.3 is 0 Å². The Morgan fingerprint density at radius 1 is 0.941 bits per heavy atom. The molecule has 0 N–H and O–H groups in total. The molecule has 0 aliphatic rings. The molecule has 2 aromatic rings. The van der Waals surface area contributed by atoms with E-state index in [2.05, 4.69) is 59.0 Å². The van der Waals surface area contributed by atoms with Crippen molar-refractivity contribution in [3.63, 3.8) is 0 Å². The fourth-order valence-corrected chi connectivity index (χ4v) is 1.91. The summed E-state index contributed by atoms with van der Waals surface area (Å²) in [5.74, 6) is 6.34. The molecule has 0 amide bonds. The second-order valence-corrected chi connectivity index (χ2v) is 4.63. The second kappa shape index (κ2) is 5.70. The van der Waals surface area contributed by atoms with Crippen LogP contribution in [0.25, 0.3) is 0 Å². The van der Waals surface area contributed by atoms with E-state index in [0.717, 1.165) is 22.0 Å². The van der Waals surface area contributed by atoms with E-state index >= 15 is 0 Å². The van der Waals surface area contributed by atoms with Crippen molar-refractivity contribution in [2.45, 2.75) is 13.3 Å². The van der Waals surface area contributed by atoms with E-state index in [0.29, 0.717) is 0 Å². The summed E-state index contributed by atoms with van der Waals surface area (Å²) < 4.78 is 1.04. The molecule has 0 bridgehead atoms. The molecule has 0 unspecified atom stereocenters.